The first-order valence-electron chi connectivity index (χ1n) is 4.28. The van der Waals surface area contributed by atoms with Crippen molar-refractivity contribution in [1.29, 1.82) is 0 Å². The van der Waals surface area contributed by atoms with Crippen molar-refractivity contribution in [3.05, 3.63) is 22.4 Å². The van der Waals surface area contributed by atoms with Crippen LogP contribution in [0.15, 0.2) is 12.0 Å². The quantitative estimate of drug-likeness (QED) is 0.361. The van der Waals surface area contributed by atoms with Crippen LogP contribution in [0, 0.1) is 10.4 Å². The summed E-state index contributed by atoms with van der Waals surface area (Å²) >= 11 is 0. The van der Waals surface area contributed by atoms with Gasteiger partial charge in [-0.2, -0.15) is 4.74 Å². The second-order valence-electron chi connectivity index (χ2n) is 2.61. The molecule has 1 rings (SSSR count). The third kappa shape index (κ3) is 1.90. The van der Waals surface area contributed by atoms with Crippen molar-refractivity contribution in [1.82, 2.24) is 10.6 Å². The summed E-state index contributed by atoms with van der Waals surface area (Å²) in [5, 5.41) is 27.8. The summed E-state index contributed by atoms with van der Waals surface area (Å²) in [5.74, 6) is 0.451. The Morgan fingerprint density at radius 3 is 2.54 bits per heavy atom. The molecule has 0 aliphatic carbocycles. The van der Waals surface area contributed by atoms with Gasteiger partial charge in [-0.25, -0.2) is 10.4 Å². The lowest BCUT2D eigenvalue weighted by Crippen LogP contribution is -3.11. The Kier molecular flexibility index (Phi) is 3.10. The molecule has 0 fully saturated rings. The minimum Gasteiger partial charge on any atom is -0.706 e. The SMILES string of the molecule is CCNC1=C[N+]([O-])=C(NCC)[NH+]1[O-]. The normalized spacial score (nSPS) is 21.8. The Bertz CT molecular complexity index is 249. The minimum absolute atomic E-state index is 0.0958. The number of nitrogens with one attached hydrogen (secondary N) is 3. The molecular formula is C7H14N4O2. The molecule has 1 aliphatic heterocycles. The molecule has 1 heterocycles. The molecule has 0 spiro atoms. The lowest BCUT2D eigenvalue weighted by atomic mass is 10.6. The van der Waals surface area contributed by atoms with Crippen LogP contribution in [0.1, 0.15) is 13.8 Å². The topological polar surface area (TPSA) is 77.6 Å². The number of rotatable bonds is 3. The predicted molar refractivity (Wildman–Crippen MR) is 48.4 cm³/mol. The van der Waals surface area contributed by atoms with Crippen LogP contribution in [0.5, 0.6) is 0 Å². The van der Waals surface area contributed by atoms with Crippen LogP contribution in [-0.2, 0) is 0 Å². The second-order valence-corrected chi connectivity index (χ2v) is 2.61. The van der Waals surface area contributed by atoms with Crippen LogP contribution in [0.3, 0.4) is 0 Å². The summed E-state index contributed by atoms with van der Waals surface area (Å²) in [5.41, 5.74) is 0. The van der Waals surface area contributed by atoms with Crippen LogP contribution >= 0.6 is 0 Å². The number of hydroxylamine groups is 3. The zero-order chi connectivity index (χ0) is 9.84. The standard InChI is InChI=1S/C7H14N4O2/c1-3-8-6-5-10(12)7(9-4-2)11(6)13/h5,8-9,11H,3-4H2,1-2H3. The van der Waals surface area contributed by atoms with Crippen molar-refractivity contribution in [3.63, 3.8) is 0 Å². The molecule has 3 N–H and O–H groups in total. The molecular weight excluding hydrogens is 172 g/mol. The van der Waals surface area contributed by atoms with E-state index >= 15 is 0 Å². The lowest BCUT2D eigenvalue weighted by Gasteiger charge is -2.16. The highest BCUT2D eigenvalue weighted by atomic mass is 16.5. The average molecular weight is 186 g/mol. The van der Waals surface area contributed by atoms with E-state index in [0.717, 1.165) is 0 Å². The summed E-state index contributed by atoms with van der Waals surface area (Å²) in [7, 11) is 0. The molecule has 0 aromatic rings. The van der Waals surface area contributed by atoms with E-state index in [4.69, 9.17) is 0 Å². The Labute approximate surface area is 76.7 Å². The number of guanidine groups is 1. The van der Waals surface area contributed by atoms with Crippen LogP contribution < -0.4 is 15.7 Å². The molecule has 6 heteroatoms. The molecule has 74 valence electrons. The van der Waals surface area contributed by atoms with Crippen LogP contribution in [-0.4, -0.2) is 23.8 Å². The highest BCUT2D eigenvalue weighted by Gasteiger charge is 2.27. The van der Waals surface area contributed by atoms with Crippen molar-refractivity contribution in [3.8, 4) is 0 Å². The van der Waals surface area contributed by atoms with E-state index in [9.17, 15) is 10.4 Å². The van der Waals surface area contributed by atoms with Gasteiger partial charge < -0.3 is 15.7 Å². The first-order chi connectivity index (χ1) is 6.20. The van der Waals surface area contributed by atoms with Gasteiger partial charge in [-0.1, -0.05) is 0 Å². The summed E-state index contributed by atoms with van der Waals surface area (Å²) in [6.07, 6.45) is 1.25. The van der Waals surface area contributed by atoms with Gasteiger partial charge in [0.05, 0.1) is 6.54 Å². The van der Waals surface area contributed by atoms with Crippen molar-refractivity contribution >= 4 is 5.96 Å². The van der Waals surface area contributed by atoms with Gasteiger partial charge in [0.1, 0.15) is 0 Å². The highest BCUT2D eigenvalue weighted by molar-refractivity contribution is 5.67. The summed E-state index contributed by atoms with van der Waals surface area (Å²) in [6.45, 7) is 4.89. The number of hydrogen-bond donors (Lipinski definition) is 3. The Morgan fingerprint density at radius 1 is 1.38 bits per heavy atom. The lowest BCUT2D eigenvalue weighted by molar-refractivity contribution is -0.719. The molecule has 1 atom stereocenters. The molecule has 0 amide bonds. The molecule has 0 bridgehead atoms. The Balaban J connectivity index is 2.67. The maximum atomic E-state index is 11.4. The number of quaternary nitrogens is 1. The van der Waals surface area contributed by atoms with Crippen LogP contribution in [0.2, 0.25) is 0 Å². The van der Waals surface area contributed by atoms with E-state index < -0.39 is 0 Å². The van der Waals surface area contributed by atoms with E-state index in [1.54, 1.807) is 0 Å². The van der Waals surface area contributed by atoms with E-state index in [1.165, 1.54) is 6.20 Å². The third-order valence-electron chi connectivity index (χ3n) is 1.64. The van der Waals surface area contributed by atoms with Gasteiger partial charge in [-0.05, 0) is 13.8 Å². The second kappa shape index (κ2) is 4.11. The average Bonchev–Trinajstić information content (AvgIpc) is 2.34. The van der Waals surface area contributed by atoms with Gasteiger partial charge in [0.25, 0.3) is 5.82 Å². The largest absolute Gasteiger partial charge is 0.706 e. The fourth-order valence-corrected chi connectivity index (χ4v) is 1.11. The molecule has 1 unspecified atom stereocenters. The Morgan fingerprint density at radius 2 is 2.00 bits per heavy atom. The maximum Gasteiger partial charge on any atom is 0.456 e. The zero-order valence-electron chi connectivity index (χ0n) is 7.76. The van der Waals surface area contributed by atoms with Gasteiger partial charge in [-0.15, -0.1) is 0 Å². The molecule has 0 aromatic heterocycles. The fourth-order valence-electron chi connectivity index (χ4n) is 1.11. The van der Waals surface area contributed by atoms with Crippen LogP contribution in [0.4, 0.5) is 0 Å². The van der Waals surface area contributed by atoms with Crippen molar-refractivity contribution < 1.29 is 9.80 Å². The molecule has 0 saturated heterocycles. The third-order valence-corrected chi connectivity index (χ3v) is 1.64. The predicted octanol–water partition coefficient (Wildman–Crippen LogP) is -1.73. The first kappa shape index (κ1) is 9.82. The zero-order valence-corrected chi connectivity index (χ0v) is 7.76. The number of nitrogens with zero attached hydrogens (tertiary/aromatic N) is 1. The van der Waals surface area contributed by atoms with E-state index in [2.05, 4.69) is 10.6 Å². The molecule has 0 radical (unpaired) electrons. The monoisotopic (exact) mass is 186 g/mol. The van der Waals surface area contributed by atoms with E-state index in [1.807, 2.05) is 13.8 Å². The smallest absolute Gasteiger partial charge is 0.456 e. The maximum absolute atomic E-state index is 11.4. The van der Waals surface area contributed by atoms with Gasteiger partial charge >= 0.3 is 5.96 Å². The summed E-state index contributed by atoms with van der Waals surface area (Å²) in [4.78, 5) is 0. The van der Waals surface area contributed by atoms with Crippen molar-refractivity contribution in [2.75, 3.05) is 13.1 Å². The van der Waals surface area contributed by atoms with E-state index in [-0.39, 0.29) is 11.0 Å². The van der Waals surface area contributed by atoms with Crippen LogP contribution in [0.25, 0.3) is 0 Å². The molecule has 6 nitrogen and oxygen atoms in total. The molecule has 0 saturated carbocycles. The summed E-state index contributed by atoms with van der Waals surface area (Å²) in [6, 6.07) is 0. The van der Waals surface area contributed by atoms with Crippen molar-refractivity contribution in [2.45, 2.75) is 13.8 Å². The van der Waals surface area contributed by atoms with Gasteiger partial charge in [0.2, 0.25) is 0 Å². The van der Waals surface area contributed by atoms with Gasteiger partial charge in [-0.3, -0.25) is 0 Å². The van der Waals surface area contributed by atoms with E-state index in [0.29, 0.717) is 23.6 Å². The van der Waals surface area contributed by atoms with Gasteiger partial charge in [0.15, 0.2) is 6.20 Å². The highest BCUT2D eigenvalue weighted by Crippen LogP contribution is 1.86. The molecule has 0 aromatic carbocycles. The fraction of sp³-hybridized carbons (Fsp3) is 0.571. The summed E-state index contributed by atoms with van der Waals surface area (Å²) < 4.78 is 0.559. The van der Waals surface area contributed by atoms with Crippen molar-refractivity contribution in [2.24, 2.45) is 0 Å². The number of hydrogen-bond acceptors (Lipinski definition) is 4. The molecule has 13 heavy (non-hydrogen) atoms. The Hall–Kier alpha value is -1.27. The molecule has 1 aliphatic rings. The first-order valence-corrected chi connectivity index (χ1v) is 4.28. The minimum atomic E-state index is -0.265. The van der Waals surface area contributed by atoms with Gasteiger partial charge in [0, 0.05) is 6.54 Å².